The van der Waals surface area contributed by atoms with Crippen LogP contribution >= 0.6 is 0 Å². The number of nitrogens with zero attached hydrogens (tertiary/aromatic N) is 1. The lowest BCUT2D eigenvalue weighted by atomic mass is 10.1. The van der Waals surface area contributed by atoms with Crippen LogP contribution in [0.25, 0.3) is 0 Å². The van der Waals surface area contributed by atoms with Gasteiger partial charge in [-0.2, -0.15) is 0 Å². The molecule has 1 unspecified atom stereocenters. The third-order valence-corrected chi connectivity index (χ3v) is 2.33. The summed E-state index contributed by atoms with van der Waals surface area (Å²) in [5.74, 6) is -0.839. The van der Waals surface area contributed by atoms with Gasteiger partial charge in [0.1, 0.15) is 23.7 Å². The highest BCUT2D eigenvalue weighted by atomic mass is 19.1. The number of nitro benzene ring substituents is 1. The average Bonchev–Trinajstić information content (AvgIpc) is 2.34. The van der Waals surface area contributed by atoms with Gasteiger partial charge in [-0.25, -0.2) is 9.18 Å². The van der Waals surface area contributed by atoms with Crippen molar-refractivity contribution in [3.05, 3.63) is 39.7 Å². The molecule has 1 rings (SSSR count). The van der Waals surface area contributed by atoms with E-state index in [-0.39, 0.29) is 17.5 Å². The molecular weight excluding hydrogens is 283 g/mol. The van der Waals surface area contributed by atoms with Crippen LogP contribution in [0.5, 0.6) is 0 Å². The lowest BCUT2D eigenvalue weighted by Crippen LogP contribution is -2.35. The van der Waals surface area contributed by atoms with Crippen molar-refractivity contribution in [3.8, 4) is 0 Å². The maximum Gasteiger partial charge on any atom is 0.408 e. The van der Waals surface area contributed by atoms with Crippen molar-refractivity contribution in [1.29, 1.82) is 0 Å². The van der Waals surface area contributed by atoms with Gasteiger partial charge in [0.15, 0.2) is 0 Å². The lowest BCUT2D eigenvalue weighted by molar-refractivity contribution is -0.385. The van der Waals surface area contributed by atoms with Crippen LogP contribution in [0, 0.1) is 15.9 Å². The van der Waals surface area contributed by atoms with Crippen molar-refractivity contribution >= 4 is 18.1 Å². The first-order valence-corrected chi connectivity index (χ1v) is 6.02. The Bertz CT molecular complexity index is 568. The number of benzene rings is 1. The zero-order valence-corrected chi connectivity index (χ0v) is 11.8. The second kappa shape index (κ2) is 6.29. The Balaban J connectivity index is 3.00. The van der Waals surface area contributed by atoms with E-state index in [4.69, 9.17) is 4.74 Å². The predicted octanol–water partition coefficient (Wildman–Crippen LogP) is 2.50. The van der Waals surface area contributed by atoms with Crippen LogP contribution in [0.4, 0.5) is 14.9 Å². The molecule has 0 saturated heterocycles. The van der Waals surface area contributed by atoms with Crippen molar-refractivity contribution in [1.82, 2.24) is 5.32 Å². The summed E-state index contributed by atoms with van der Waals surface area (Å²) in [7, 11) is 0. The number of ether oxygens (including phenoxy) is 1. The Hall–Kier alpha value is -2.51. The fourth-order valence-corrected chi connectivity index (χ4v) is 1.50. The van der Waals surface area contributed by atoms with Crippen LogP contribution < -0.4 is 5.32 Å². The molecule has 0 aliphatic rings. The van der Waals surface area contributed by atoms with Crippen LogP contribution in [0.2, 0.25) is 0 Å². The van der Waals surface area contributed by atoms with Crippen molar-refractivity contribution in [2.75, 3.05) is 0 Å². The molecule has 114 valence electrons. The summed E-state index contributed by atoms with van der Waals surface area (Å²) in [5.41, 5.74) is -1.48. The Morgan fingerprint density at radius 1 is 1.48 bits per heavy atom. The van der Waals surface area contributed by atoms with Crippen LogP contribution in [-0.4, -0.2) is 22.9 Å². The van der Waals surface area contributed by atoms with Gasteiger partial charge in [-0.05, 0) is 26.8 Å². The number of carbonyl (C=O) groups excluding carboxylic acids is 2. The van der Waals surface area contributed by atoms with Crippen molar-refractivity contribution in [2.24, 2.45) is 0 Å². The van der Waals surface area contributed by atoms with Gasteiger partial charge in [-0.3, -0.25) is 10.1 Å². The second-order valence-electron chi connectivity index (χ2n) is 5.22. The van der Waals surface area contributed by atoms with Gasteiger partial charge in [0.2, 0.25) is 0 Å². The molecule has 1 aromatic rings. The number of hydrogen-bond acceptors (Lipinski definition) is 5. The van der Waals surface area contributed by atoms with E-state index in [0.29, 0.717) is 0 Å². The SMILES string of the molecule is CC(C)(C)OC(=O)NC(C=O)c1cc([N+](=O)[O-])ccc1F. The molecule has 1 atom stereocenters. The number of carbonyl (C=O) groups is 2. The van der Waals surface area contributed by atoms with Crippen molar-refractivity contribution in [2.45, 2.75) is 32.4 Å². The number of rotatable bonds is 4. The Morgan fingerprint density at radius 3 is 2.57 bits per heavy atom. The van der Waals surface area contributed by atoms with Crippen molar-refractivity contribution < 1.29 is 23.6 Å². The predicted molar refractivity (Wildman–Crippen MR) is 71.2 cm³/mol. The summed E-state index contributed by atoms with van der Waals surface area (Å²) in [5, 5.41) is 12.8. The molecule has 0 aromatic heterocycles. The standard InChI is InChI=1S/C13H15FN2O5/c1-13(2,3)21-12(18)15-11(7-17)9-6-8(16(19)20)4-5-10(9)14/h4-7,11H,1-3H3,(H,15,18). The third-order valence-electron chi connectivity index (χ3n) is 2.33. The summed E-state index contributed by atoms with van der Waals surface area (Å²) >= 11 is 0. The van der Waals surface area contributed by atoms with Crippen LogP contribution in [0.3, 0.4) is 0 Å². The molecule has 0 radical (unpaired) electrons. The second-order valence-corrected chi connectivity index (χ2v) is 5.22. The van der Waals surface area contributed by atoms with Gasteiger partial charge in [0.05, 0.1) is 4.92 Å². The number of nitro groups is 1. The smallest absolute Gasteiger partial charge is 0.408 e. The summed E-state index contributed by atoms with van der Waals surface area (Å²) in [4.78, 5) is 32.6. The van der Waals surface area contributed by atoms with E-state index in [9.17, 15) is 24.1 Å². The third kappa shape index (κ3) is 4.83. The molecule has 7 nitrogen and oxygen atoms in total. The fourth-order valence-electron chi connectivity index (χ4n) is 1.50. The first-order chi connectivity index (χ1) is 9.64. The molecule has 0 spiro atoms. The zero-order valence-electron chi connectivity index (χ0n) is 11.8. The van der Waals surface area contributed by atoms with Gasteiger partial charge in [-0.1, -0.05) is 0 Å². The molecule has 0 aliphatic carbocycles. The fraction of sp³-hybridized carbons (Fsp3) is 0.385. The molecule has 8 heteroatoms. The summed E-state index contributed by atoms with van der Waals surface area (Å²) < 4.78 is 18.6. The molecular formula is C13H15FN2O5. The van der Waals surface area contributed by atoms with Crippen LogP contribution in [0.1, 0.15) is 32.4 Å². The lowest BCUT2D eigenvalue weighted by Gasteiger charge is -2.21. The molecule has 1 N–H and O–H groups in total. The maximum atomic E-state index is 13.7. The molecule has 1 amide bonds. The molecule has 1 aromatic carbocycles. The number of halogens is 1. The minimum atomic E-state index is -1.38. The Kier molecular flexibility index (Phi) is 4.96. The highest BCUT2D eigenvalue weighted by Crippen LogP contribution is 2.22. The minimum absolute atomic E-state index is 0.270. The monoisotopic (exact) mass is 298 g/mol. The molecule has 0 fully saturated rings. The molecule has 0 bridgehead atoms. The van der Waals surface area contributed by atoms with E-state index in [2.05, 4.69) is 5.32 Å². The number of hydrogen-bond donors (Lipinski definition) is 1. The van der Waals surface area contributed by atoms with Gasteiger partial charge < -0.3 is 14.8 Å². The summed E-state index contributed by atoms with van der Waals surface area (Å²) in [6.45, 7) is 4.86. The van der Waals surface area contributed by atoms with E-state index >= 15 is 0 Å². The number of non-ortho nitro benzene ring substituents is 1. The normalized spacial score (nSPS) is 12.4. The quantitative estimate of drug-likeness (QED) is 0.523. The van der Waals surface area contributed by atoms with E-state index in [0.717, 1.165) is 18.2 Å². The molecule has 21 heavy (non-hydrogen) atoms. The van der Waals surface area contributed by atoms with E-state index in [1.165, 1.54) is 0 Å². The molecule has 0 aliphatic heterocycles. The molecule has 0 saturated carbocycles. The maximum absolute atomic E-state index is 13.7. The van der Waals surface area contributed by atoms with Gasteiger partial charge in [0.25, 0.3) is 5.69 Å². The first kappa shape index (κ1) is 16.5. The topological polar surface area (TPSA) is 98.5 Å². The van der Waals surface area contributed by atoms with E-state index < -0.39 is 28.5 Å². The zero-order chi connectivity index (χ0) is 16.2. The molecule has 0 heterocycles. The highest BCUT2D eigenvalue weighted by molar-refractivity contribution is 5.75. The summed E-state index contributed by atoms with van der Waals surface area (Å²) in [6.07, 6.45) is -0.656. The number of amides is 1. The number of nitrogens with one attached hydrogen (secondary N) is 1. The van der Waals surface area contributed by atoms with E-state index in [1.54, 1.807) is 20.8 Å². The van der Waals surface area contributed by atoms with Gasteiger partial charge in [0, 0.05) is 17.7 Å². The number of aldehydes is 1. The van der Waals surface area contributed by atoms with E-state index in [1.807, 2.05) is 0 Å². The van der Waals surface area contributed by atoms with Gasteiger partial charge >= 0.3 is 6.09 Å². The van der Waals surface area contributed by atoms with Crippen LogP contribution in [-0.2, 0) is 9.53 Å². The van der Waals surface area contributed by atoms with Crippen LogP contribution in [0.15, 0.2) is 18.2 Å². The average molecular weight is 298 g/mol. The minimum Gasteiger partial charge on any atom is -0.444 e. The summed E-state index contributed by atoms with van der Waals surface area (Å²) in [6, 6.07) is 1.35. The Morgan fingerprint density at radius 2 is 2.10 bits per heavy atom. The highest BCUT2D eigenvalue weighted by Gasteiger charge is 2.23. The first-order valence-electron chi connectivity index (χ1n) is 6.02. The largest absolute Gasteiger partial charge is 0.444 e. The van der Waals surface area contributed by atoms with Gasteiger partial charge in [-0.15, -0.1) is 0 Å². The number of alkyl carbamates (subject to hydrolysis) is 1. The van der Waals surface area contributed by atoms with Crippen molar-refractivity contribution in [3.63, 3.8) is 0 Å². The Labute approximate surface area is 120 Å².